The fraction of sp³-hybridized carbons (Fsp3) is 0.316. The van der Waals surface area contributed by atoms with Gasteiger partial charge in [-0.05, 0) is 38.2 Å². The Morgan fingerprint density at radius 3 is 2.44 bits per heavy atom. The number of benzene rings is 1. The Labute approximate surface area is 148 Å². The molecule has 2 rings (SSSR count). The number of likely N-dealkylation sites (N-methyl/N-ethyl adjacent to an activating group) is 1. The number of amides is 2. The van der Waals surface area contributed by atoms with E-state index in [1.54, 1.807) is 6.07 Å². The summed E-state index contributed by atoms with van der Waals surface area (Å²) < 4.78 is 0. The molecule has 0 aliphatic heterocycles. The summed E-state index contributed by atoms with van der Waals surface area (Å²) in [4.78, 5) is 30.6. The third kappa shape index (κ3) is 5.39. The average molecular weight is 340 g/mol. The van der Waals surface area contributed by atoms with Crippen LogP contribution in [0.4, 0.5) is 5.69 Å². The maximum absolute atomic E-state index is 12.5. The highest BCUT2D eigenvalue weighted by atomic mass is 16.2. The van der Waals surface area contributed by atoms with Crippen molar-refractivity contribution in [2.75, 3.05) is 32.5 Å². The highest BCUT2D eigenvalue weighted by Gasteiger charge is 2.12. The Morgan fingerprint density at radius 2 is 1.76 bits per heavy atom. The van der Waals surface area contributed by atoms with Gasteiger partial charge in [0, 0.05) is 31.2 Å². The predicted molar refractivity (Wildman–Crippen MR) is 98.9 cm³/mol. The molecule has 25 heavy (non-hydrogen) atoms. The number of nitrogens with one attached hydrogen (secondary N) is 2. The lowest BCUT2D eigenvalue weighted by molar-refractivity contribution is 0.0950. The molecule has 2 aromatic rings. The number of nitrogens with zero attached hydrogens (tertiary/aromatic N) is 2. The second kappa shape index (κ2) is 8.94. The molecule has 0 unspecified atom stereocenters. The van der Waals surface area contributed by atoms with Crippen LogP contribution < -0.4 is 10.6 Å². The minimum atomic E-state index is -0.281. The highest BCUT2D eigenvalue weighted by Crippen LogP contribution is 2.16. The molecule has 1 heterocycles. The Kier molecular flexibility index (Phi) is 6.65. The van der Waals surface area contributed by atoms with Crippen molar-refractivity contribution in [2.24, 2.45) is 0 Å². The van der Waals surface area contributed by atoms with Gasteiger partial charge in [-0.15, -0.1) is 0 Å². The summed E-state index contributed by atoms with van der Waals surface area (Å²) in [5, 5.41) is 5.70. The number of hydrogen-bond donors (Lipinski definition) is 2. The first-order valence-corrected chi connectivity index (χ1v) is 8.28. The maximum atomic E-state index is 12.5. The average Bonchev–Trinajstić information content (AvgIpc) is 2.61. The van der Waals surface area contributed by atoms with Crippen molar-refractivity contribution in [1.29, 1.82) is 0 Å². The topological polar surface area (TPSA) is 74.3 Å². The van der Waals surface area contributed by atoms with E-state index in [0.29, 0.717) is 17.7 Å². The van der Waals surface area contributed by atoms with E-state index in [2.05, 4.69) is 15.6 Å². The van der Waals surface area contributed by atoms with Gasteiger partial charge in [0.15, 0.2) is 0 Å². The molecule has 2 N–H and O–H groups in total. The Balaban J connectivity index is 2.07. The summed E-state index contributed by atoms with van der Waals surface area (Å²) in [6.45, 7) is 3.31. The Morgan fingerprint density at radius 1 is 1.08 bits per heavy atom. The van der Waals surface area contributed by atoms with Crippen LogP contribution in [0.5, 0.6) is 0 Å². The third-order valence-corrected chi connectivity index (χ3v) is 3.75. The molecule has 1 aromatic carbocycles. The van der Waals surface area contributed by atoms with Crippen LogP contribution in [0.2, 0.25) is 0 Å². The summed E-state index contributed by atoms with van der Waals surface area (Å²) in [6.07, 6.45) is 3.74. The third-order valence-electron chi connectivity index (χ3n) is 3.75. The zero-order valence-corrected chi connectivity index (χ0v) is 14.9. The van der Waals surface area contributed by atoms with Crippen molar-refractivity contribution in [3.63, 3.8) is 0 Å². The quantitative estimate of drug-likeness (QED) is 0.810. The van der Waals surface area contributed by atoms with Gasteiger partial charge in [-0.3, -0.25) is 14.6 Å². The monoisotopic (exact) mass is 340 g/mol. The molecule has 0 fully saturated rings. The van der Waals surface area contributed by atoms with Crippen molar-refractivity contribution in [3.8, 4) is 0 Å². The number of rotatable bonds is 7. The predicted octanol–water partition coefficient (Wildman–Crippen LogP) is 2.19. The van der Waals surface area contributed by atoms with Gasteiger partial charge in [-0.25, -0.2) is 0 Å². The van der Waals surface area contributed by atoms with Gasteiger partial charge in [0.05, 0.1) is 11.1 Å². The molecular weight excluding hydrogens is 316 g/mol. The Hall–Kier alpha value is -2.73. The van der Waals surface area contributed by atoms with Gasteiger partial charge in [0.1, 0.15) is 0 Å². The van der Waals surface area contributed by atoms with Crippen LogP contribution in [0.1, 0.15) is 33.2 Å². The van der Waals surface area contributed by atoms with E-state index in [0.717, 1.165) is 24.2 Å². The van der Waals surface area contributed by atoms with Crippen LogP contribution in [0.3, 0.4) is 0 Å². The summed E-state index contributed by atoms with van der Waals surface area (Å²) in [5.74, 6) is -0.519. The first-order chi connectivity index (χ1) is 12.0. The number of para-hydroxylation sites is 1. The number of pyridine rings is 1. The van der Waals surface area contributed by atoms with Crippen LogP contribution in [0, 0.1) is 0 Å². The van der Waals surface area contributed by atoms with Crippen LogP contribution >= 0.6 is 0 Å². The number of carbonyl (C=O) groups excluding carboxylic acids is 2. The van der Waals surface area contributed by atoms with E-state index in [-0.39, 0.29) is 11.8 Å². The van der Waals surface area contributed by atoms with E-state index in [1.807, 2.05) is 50.2 Å². The zero-order valence-electron chi connectivity index (χ0n) is 14.9. The first-order valence-electron chi connectivity index (χ1n) is 8.28. The number of carbonyl (C=O) groups is 2. The lowest BCUT2D eigenvalue weighted by Crippen LogP contribution is -2.31. The molecule has 0 spiro atoms. The SMILES string of the molecule is CCc1ccccc1NC(=O)c1cncc(C(=O)NCCN(C)C)c1. The maximum Gasteiger partial charge on any atom is 0.257 e. The van der Waals surface area contributed by atoms with Gasteiger partial charge in [-0.2, -0.15) is 0 Å². The molecule has 0 saturated heterocycles. The van der Waals surface area contributed by atoms with Gasteiger partial charge in [0.2, 0.25) is 0 Å². The van der Waals surface area contributed by atoms with Crippen molar-refractivity contribution < 1.29 is 9.59 Å². The Bertz CT molecular complexity index is 744. The van der Waals surface area contributed by atoms with Crippen molar-refractivity contribution in [3.05, 3.63) is 59.4 Å². The zero-order chi connectivity index (χ0) is 18.2. The van der Waals surface area contributed by atoms with E-state index < -0.39 is 0 Å². The van der Waals surface area contributed by atoms with E-state index in [9.17, 15) is 9.59 Å². The summed E-state index contributed by atoms with van der Waals surface area (Å²) in [5.41, 5.74) is 2.55. The lowest BCUT2D eigenvalue weighted by Gasteiger charge is -2.11. The van der Waals surface area contributed by atoms with Gasteiger partial charge < -0.3 is 15.5 Å². The molecule has 0 bridgehead atoms. The molecule has 0 aliphatic rings. The van der Waals surface area contributed by atoms with Crippen molar-refractivity contribution >= 4 is 17.5 Å². The van der Waals surface area contributed by atoms with Crippen molar-refractivity contribution in [1.82, 2.24) is 15.2 Å². The molecule has 0 saturated carbocycles. The molecule has 2 amide bonds. The number of anilines is 1. The molecule has 6 heteroatoms. The summed E-state index contributed by atoms with van der Waals surface area (Å²) in [7, 11) is 3.87. The van der Waals surface area contributed by atoms with Gasteiger partial charge in [0.25, 0.3) is 11.8 Å². The number of hydrogen-bond acceptors (Lipinski definition) is 4. The van der Waals surface area contributed by atoms with E-state index in [4.69, 9.17) is 0 Å². The molecule has 6 nitrogen and oxygen atoms in total. The molecule has 0 radical (unpaired) electrons. The lowest BCUT2D eigenvalue weighted by atomic mass is 10.1. The molecular formula is C19H24N4O2. The summed E-state index contributed by atoms with van der Waals surface area (Å²) in [6, 6.07) is 9.21. The highest BCUT2D eigenvalue weighted by molar-refractivity contribution is 6.06. The van der Waals surface area contributed by atoms with Crippen molar-refractivity contribution in [2.45, 2.75) is 13.3 Å². The fourth-order valence-corrected chi connectivity index (χ4v) is 2.33. The minimum absolute atomic E-state index is 0.238. The second-order valence-electron chi connectivity index (χ2n) is 5.99. The number of aromatic nitrogens is 1. The molecule has 0 atom stereocenters. The van der Waals surface area contributed by atoms with Gasteiger partial charge >= 0.3 is 0 Å². The van der Waals surface area contributed by atoms with Crippen LogP contribution in [-0.4, -0.2) is 48.9 Å². The summed E-state index contributed by atoms with van der Waals surface area (Å²) >= 11 is 0. The largest absolute Gasteiger partial charge is 0.351 e. The number of aryl methyl sites for hydroxylation is 1. The fourth-order valence-electron chi connectivity index (χ4n) is 2.33. The van der Waals surface area contributed by atoms with Crippen LogP contribution in [0.25, 0.3) is 0 Å². The second-order valence-corrected chi connectivity index (χ2v) is 5.99. The molecule has 1 aromatic heterocycles. The van der Waals surface area contributed by atoms with Gasteiger partial charge in [-0.1, -0.05) is 25.1 Å². The van der Waals surface area contributed by atoms with Crippen LogP contribution in [0.15, 0.2) is 42.7 Å². The van der Waals surface area contributed by atoms with E-state index >= 15 is 0 Å². The standard InChI is InChI=1S/C19H24N4O2/c1-4-14-7-5-6-8-17(14)22-19(25)16-11-15(12-20-13-16)18(24)21-9-10-23(2)3/h5-8,11-13H,4,9-10H2,1-3H3,(H,21,24)(H,22,25). The minimum Gasteiger partial charge on any atom is -0.351 e. The van der Waals surface area contributed by atoms with Crippen LogP contribution in [-0.2, 0) is 6.42 Å². The first kappa shape index (κ1) is 18.6. The van der Waals surface area contributed by atoms with E-state index in [1.165, 1.54) is 12.4 Å². The smallest absolute Gasteiger partial charge is 0.257 e. The molecule has 132 valence electrons. The normalized spacial score (nSPS) is 10.6. The molecule has 0 aliphatic carbocycles.